The summed E-state index contributed by atoms with van der Waals surface area (Å²) in [5, 5.41) is 13.7. The molecule has 0 aliphatic rings. The van der Waals surface area contributed by atoms with Gasteiger partial charge in [-0.05, 0) is 54.4 Å². The first-order valence-electron chi connectivity index (χ1n) is 9.69. The predicted octanol–water partition coefficient (Wildman–Crippen LogP) is 4.98. The lowest BCUT2D eigenvalue weighted by Gasteiger charge is -2.08. The number of amides is 1. The number of ether oxygens (including phenoxy) is 1. The van der Waals surface area contributed by atoms with Crippen molar-refractivity contribution in [3.05, 3.63) is 82.4 Å². The third-order valence-corrected chi connectivity index (χ3v) is 4.70. The van der Waals surface area contributed by atoms with E-state index in [2.05, 4.69) is 17.2 Å². The largest absolute Gasteiger partial charge is 0.477 e. The lowest BCUT2D eigenvalue weighted by molar-refractivity contribution is -0.385. The Morgan fingerprint density at radius 3 is 2.65 bits per heavy atom. The summed E-state index contributed by atoms with van der Waals surface area (Å²) >= 11 is 0. The third-order valence-electron chi connectivity index (χ3n) is 4.70. The van der Waals surface area contributed by atoms with Crippen molar-refractivity contribution in [1.82, 2.24) is 4.98 Å². The summed E-state index contributed by atoms with van der Waals surface area (Å²) in [7, 11) is 0. The first kappa shape index (κ1) is 20.1. The van der Waals surface area contributed by atoms with Crippen LogP contribution in [0.2, 0.25) is 0 Å². The molecule has 3 aromatic carbocycles. The molecule has 1 aromatic heterocycles. The van der Waals surface area contributed by atoms with Crippen LogP contribution in [0.15, 0.2) is 71.1 Å². The summed E-state index contributed by atoms with van der Waals surface area (Å²) in [6.07, 6.45) is 0.924. The van der Waals surface area contributed by atoms with Gasteiger partial charge in [-0.25, -0.2) is 4.98 Å². The molecule has 4 rings (SSSR count). The van der Waals surface area contributed by atoms with E-state index < -0.39 is 10.8 Å². The second-order valence-corrected chi connectivity index (χ2v) is 6.81. The number of oxazole rings is 1. The fourth-order valence-corrected chi connectivity index (χ4v) is 3.08. The smallest absolute Gasteiger partial charge is 0.310 e. The van der Waals surface area contributed by atoms with E-state index in [9.17, 15) is 14.9 Å². The van der Waals surface area contributed by atoms with Crippen LogP contribution in [-0.2, 0) is 11.2 Å². The number of hydrogen-bond acceptors (Lipinski definition) is 6. The van der Waals surface area contributed by atoms with Crippen LogP contribution < -0.4 is 10.1 Å². The lowest BCUT2D eigenvalue weighted by atomic mass is 10.1. The average molecular weight is 417 g/mol. The number of aryl methyl sites for hydroxylation is 1. The maximum atomic E-state index is 12.2. The molecule has 8 nitrogen and oxygen atoms in total. The number of carbonyl (C=O) groups excluding carboxylic acids is 1. The Balaban J connectivity index is 1.40. The second-order valence-electron chi connectivity index (χ2n) is 6.81. The highest BCUT2D eigenvalue weighted by molar-refractivity contribution is 5.92. The molecule has 8 heteroatoms. The maximum Gasteiger partial charge on any atom is 0.310 e. The van der Waals surface area contributed by atoms with Gasteiger partial charge in [0, 0.05) is 17.3 Å². The molecule has 0 atom stereocenters. The minimum atomic E-state index is -0.554. The Hall–Kier alpha value is -4.20. The van der Waals surface area contributed by atoms with Crippen molar-refractivity contribution in [3.8, 4) is 17.2 Å². The number of benzene rings is 3. The SMILES string of the molecule is CCc1ccc2oc(-c3ccc(NC(=O)COc4ccccc4[N+](=O)[O-])cc3)nc2c1. The van der Waals surface area contributed by atoms with Gasteiger partial charge in [-0.3, -0.25) is 14.9 Å². The van der Waals surface area contributed by atoms with Gasteiger partial charge in [-0.1, -0.05) is 25.1 Å². The fourth-order valence-electron chi connectivity index (χ4n) is 3.08. The molecule has 0 spiro atoms. The summed E-state index contributed by atoms with van der Waals surface area (Å²) in [5.41, 5.74) is 3.86. The second kappa shape index (κ2) is 8.66. The van der Waals surface area contributed by atoms with Crippen molar-refractivity contribution in [2.45, 2.75) is 13.3 Å². The molecule has 1 amide bonds. The lowest BCUT2D eigenvalue weighted by Crippen LogP contribution is -2.20. The maximum absolute atomic E-state index is 12.2. The van der Waals surface area contributed by atoms with Gasteiger partial charge in [0.25, 0.3) is 5.91 Å². The van der Waals surface area contributed by atoms with Gasteiger partial charge in [0.15, 0.2) is 17.9 Å². The molecule has 0 saturated heterocycles. The standard InChI is InChI=1S/C23H19N3O5/c1-2-15-7-12-20-18(13-15)25-23(31-20)16-8-10-17(11-9-16)24-22(27)14-30-21-6-4-3-5-19(21)26(28)29/h3-13H,2,14H2,1H3,(H,24,27). The summed E-state index contributed by atoms with van der Waals surface area (Å²) in [5.74, 6) is 0.112. The molecule has 0 aliphatic carbocycles. The molecule has 31 heavy (non-hydrogen) atoms. The number of carbonyl (C=O) groups is 1. The van der Waals surface area contributed by atoms with E-state index >= 15 is 0 Å². The quantitative estimate of drug-likeness (QED) is 0.335. The topological polar surface area (TPSA) is 108 Å². The highest BCUT2D eigenvalue weighted by atomic mass is 16.6. The molecule has 1 heterocycles. The van der Waals surface area contributed by atoms with Gasteiger partial charge in [0.1, 0.15) is 5.52 Å². The van der Waals surface area contributed by atoms with Gasteiger partial charge < -0.3 is 14.5 Å². The van der Waals surface area contributed by atoms with Gasteiger partial charge in [0.2, 0.25) is 5.89 Å². The van der Waals surface area contributed by atoms with Crippen LogP contribution in [0.5, 0.6) is 5.75 Å². The number of hydrogen-bond donors (Lipinski definition) is 1. The molecule has 0 saturated carbocycles. The Morgan fingerprint density at radius 1 is 1.13 bits per heavy atom. The van der Waals surface area contributed by atoms with Crippen LogP contribution in [0.25, 0.3) is 22.6 Å². The van der Waals surface area contributed by atoms with Crippen LogP contribution in [0.1, 0.15) is 12.5 Å². The molecule has 0 radical (unpaired) electrons. The van der Waals surface area contributed by atoms with E-state index in [1.165, 1.54) is 23.8 Å². The van der Waals surface area contributed by atoms with E-state index in [-0.39, 0.29) is 18.0 Å². The summed E-state index contributed by atoms with van der Waals surface area (Å²) in [6, 6.07) is 18.9. The highest BCUT2D eigenvalue weighted by Crippen LogP contribution is 2.27. The Morgan fingerprint density at radius 2 is 1.90 bits per heavy atom. The summed E-state index contributed by atoms with van der Waals surface area (Å²) in [4.78, 5) is 27.2. The van der Waals surface area contributed by atoms with E-state index in [4.69, 9.17) is 9.15 Å². The summed E-state index contributed by atoms with van der Waals surface area (Å²) in [6.45, 7) is 1.73. The van der Waals surface area contributed by atoms with Crippen molar-refractivity contribution in [1.29, 1.82) is 0 Å². The predicted molar refractivity (Wildman–Crippen MR) is 116 cm³/mol. The number of nitrogens with one attached hydrogen (secondary N) is 1. The molecular weight excluding hydrogens is 398 g/mol. The van der Waals surface area contributed by atoms with Crippen LogP contribution in [0, 0.1) is 10.1 Å². The van der Waals surface area contributed by atoms with E-state index in [0.29, 0.717) is 11.6 Å². The zero-order valence-corrected chi connectivity index (χ0v) is 16.7. The number of para-hydroxylation sites is 2. The van der Waals surface area contributed by atoms with E-state index in [0.717, 1.165) is 23.1 Å². The zero-order valence-electron chi connectivity index (χ0n) is 16.7. The van der Waals surface area contributed by atoms with Crippen molar-refractivity contribution >= 4 is 28.4 Å². The number of nitrogens with zero attached hydrogens (tertiary/aromatic N) is 2. The van der Waals surface area contributed by atoms with Crippen LogP contribution in [-0.4, -0.2) is 22.4 Å². The van der Waals surface area contributed by atoms with Gasteiger partial charge in [-0.15, -0.1) is 0 Å². The van der Waals surface area contributed by atoms with Gasteiger partial charge in [0.05, 0.1) is 4.92 Å². The van der Waals surface area contributed by atoms with Crippen LogP contribution >= 0.6 is 0 Å². The minimum absolute atomic E-state index is 0.0418. The molecule has 0 aliphatic heterocycles. The zero-order chi connectivity index (χ0) is 21.8. The molecule has 0 unspecified atom stereocenters. The number of nitro benzene ring substituents is 1. The van der Waals surface area contributed by atoms with Crippen molar-refractivity contribution < 1.29 is 18.9 Å². The molecular formula is C23H19N3O5. The third kappa shape index (κ3) is 4.53. The number of anilines is 1. The number of nitro groups is 1. The van der Waals surface area contributed by atoms with E-state index in [1.807, 2.05) is 18.2 Å². The number of rotatable bonds is 7. The van der Waals surface area contributed by atoms with Crippen molar-refractivity contribution in [3.63, 3.8) is 0 Å². The van der Waals surface area contributed by atoms with E-state index in [1.54, 1.807) is 30.3 Å². The first-order valence-corrected chi connectivity index (χ1v) is 9.69. The Bertz CT molecular complexity index is 1250. The highest BCUT2D eigenvalue weighted by Gasteiger charge is 2.15. The number of aromatic nitrogens is 1. The Kier molecular flexibility index (Phi) is 5.61. The molecule has 0 bridgehead atoms. The Labute approximate surface area is 177 Å². The fraction of sp³-hybridized carbons (Fsp3) is 0.130. The normalized spacial score (nSPS) is 10.7. The monoisotopic (exact) mass is 417 g/mol. The van der Waals surface area contributed by atoms with Crippen LogP contribution in [0.3, 0.4) is 0 Å². The number of fused-ring (bicyclic) bond motifs is 1. The molecule has 0 fully saturated rings. The van der Waals surface area contributed by atoms with Gasteiger partial charge in [-0.2, -0.15) is 0 Å². The van der Waals surface area contributed by atoms with Crippen molar-refractivity contribution in [2.24, 2.45) is 0 Å². The minimum Gasteiger partial charge on any atom is -0.477 e. The molecule has 1 N–H and O–H groups in total. The summed E-state index contributed by atoms with van der Waals surface area (Å²) < 4.78 is 11.1. The van der Waals surface area contributed by atoms with Crippen molar-refractivity contribution in [2.75, 3.05) is 11.9 Å². The molecule has 4 aromatic rings. The first-order chi connectivity index (χ1) is 15.0. The van der Waals surface area contributed by atoms with Gasteiger partial charge >= 0.3 is 5.69 Å². The average Bonchev–Trinajstić information content (AvgIpc) is 3.21. The van der Waals surface area contributed by atoms with Crippen LogP contribution in [0.4, 0.5) is 11.4 Å². The molecule has 156 valence electrons.